The lowest BCUT2D eigenvalue weighted by Crippen LogP contribution is -2.41. The van der Waals surface area contributed by atoms with Crippen molar-refractivity contribution in [2.75, 3.05) is 13.7 Å². The summed E-state index contributed by atoms with van der Waals surface area (Å²) in [6.45, 7) is -0.478. The van der Waals surface area contributed by atoms with Gasteiger partial charge < -0.3 is 19.0 Å². The molecule has 9 heteroatoms. The molecule has 1 aliphatic rings. The highest BCUT2D eigenvalue weighted by molar-refractivity contribution is 6.30. The SMILES string of the molecule is COc1cc(/C=C/C(=O)OCC(=O)N2NC(c3ccc(Cl)cc3)=C[C@@H]2c2ccco2)ccc1O. The van der Waals surface area contributed by atoms with Crippen molar-refractivity contribution in [2.45, 2.75) is 6.04 Å². The van der Waals surface area contributed by atoms with Crippen molar-refractivity contribution in [2.24, 2.45) is 0 Å². The summed E-state index contributed by atoms with van der Waals surface area (Å²) in [5, 5.41) is 11.6. The molecule has 0 radical (unpaired) electrons. The summed E-state index contributed by atoms with van der Waals surface area (Å²) in [5.74, 6) is -0.339. The normalized spacial score (nSPS) is 15.2. The number of furan rings is 1. The summed E-state index contributed by atoms with van der Waals surface area (Å²) in [5.41, 5.74) is 5.21. The minimum atomic E-state index is -0.694. The van der Waals surface area contributed by atoms with E-state index in [1.807, 2.05) is 18.2 Å². The summed E-state index contributed by atoms with van der Waals surface area (Å²) in [4.78, 5) is 25.1. The van der Waals surface area contributed by atoms with Gasteiger partial charge in [0.15, 0.2) is 18.1 Å². The van der Waals surface area contributed by atoms with Crippen LogP contribution in [0, 0.1) is 0 Å². The highest BCUT2D eigenvalue weighted by Gasteiger charge is 2.32. The van der Waals surface area contributed by atoms with Gasteiger partial charge in [0.2, 0.25) is 0 Å². The first-order valence-electron chi connectivity index (χ1n) is 10.3. The third-order valence-electron chi connectivity index (χ3n) is 5.06. The maximum absolute atomic E-state index is 12.9. The zero-order chi connectivity index (χ0) is 24.1. The van der Waals surface area contributed by atoms with E-state index < -0.39 is 24.5 Å². The van der Waals surface area contributed by atoms with Crippen LogP contribution in [0.15, 0.2) is 77.4 Å². The van der Waals surface area contributed by atoms with Crippen LogP contribution in [0.5, 0.6) is 11.5 Å². The van der Waals surface area contributed by atoms with Crippen LogP contribution >= 0.6 is 11.6 Å². The first-order chi connectivity index (χ1) is 16.4. The van der Waals surface area contributed by atoms with Crippen LogP contribution in [0.2, 0.25) is 5.02 Å². The lowest BCUT2D eigenvalue weighted by atomic mass is 10.1. The zero-order valence-corrected chi connectivity index (χ0v) is 18.9. The molecule has 0 fully saturated rings. The molecule has 34 heavy (non-hydrogen) atoms. The molecular weight excluding hydrogens is 460 g/mol. The van der Waals surface area contributed by atoms with Gasteiger partial charge in [-0.3, -0.25) is 10.2 Å². The Labute approximate surface area is 200 Å². The van der Waals surface area contributed by atoms with Crippen LogP contribution in [0.25, 0.3) is 11.8 Å². The van der Waals surface area contributed by atoms with Gasteiger partial charge in [0.1, 0.15) is 11.8 Å². The molecule has 174 valence electrons. The third kappa shape index (κ3) is 5.24. The summed E-state index contributed by atoms with van der Waals surface area (Å²) in [6, 6.07) is 14.8. The average molecular weight is 481 g/mol. The van der Waals surface area contributed by atoms with E-state index in [2.05, 4.69) is 5.43 Å². The molecule has 2 N–H and O–H groups in total. The molecular formula is C25H21ClN2O6. The number of methoxy groups -OCH3 is 1. The maximum Gasteiger partial charge on any atom is 0.331 e. The number of carbonyl (C=O) groups is 2. The number of amides is 1. The number of rotatable bonds is 7. The standard InChI is InChI=1S/C25H21ClN2O6/c1-32-23-13-16(4-10-21(23)29)5-11-25(31)34-15-24(30)28-20(22-3-2-12-33-22)14-19(27-28)17-6-8-18(26)9-7-17/h2-14,20,27,29H,15H2,1H3/b11-5+/t20-/m1/s1. The number of phenolic OH excluding ortho intramolecular Hbond substituents is 1. The molecule has 1 atom stereocenters. The lowest BCUT2D eigenvalue weighted by Gasteiger charge is -2.23. The van der Waals surface area contributed by atoms with Crippen LogP contribution in [0.1, 0.15) is 22.9 Å². The van der Waals surface area contributed by atoms with Gasteiger partial charge in [-0.2, -0.15) is 0 Å². The van der Waals surface area contributed by atoms with Gasteiger partial charge in [-0.05, 0) is 59.7 Å². The zero-order valence-electron chi connectivity index (χ0n) is 18.1. The molecule has 0 saturated carbocycles. The van der Waals surface area contributed by atoms with Crippen LogP contribution in [0.4, 0.5) is 0 Å². The van der Waals surface area contributed by atoms with Gasteiger partial charge in [0.05, 0.1) is 19.1 Å². The minimum Gasteiger partial charge on any atom is -0.504 e. The number of ether oxygens (including phenoxy) is 2. The predicted molar refractivity (Wildman–Crippen MR) is 126 cm³/mol. The quantitative estimate of drug-likeness (QED) is 0.383. The Morgan fingerprint density at radius 1 is 1.21 bits per heavy atom. The highest BCUT2D eigenvalue weighted by atomic mass is 35.5. The Balaban J connectivity index is 1.41. The van der Waals surface area contributed by atoms with Crippen LogP contribution in [0.3, 0.4) is 0 Å². The fourth-order valence-corrected chi connectivity index (χ4v) is 3.48. The van der Waals surface area contributed by atoms with E-state index in [4.69, 9.17) is 25.5 Å². The van der Waals surface area contributed by atoms with Crippen molar-refractivity contribution in [1.82, 2.24) is 10.4 Å². The van der Waals surface area contributed by atoms with E-state index >= 15 is 0 Å². The van der Waals surface area contributed by atoms with E-state index in [-0.39, 0.29) is 11.5 Å². The number of carbonyl (C=O) groups excluding carboxylic acids is 2. The van der Waals surface area contributed by atoms with E-state index in [0.717, 1.165) is 5.56 Å². The largest absolute Gasteiger partial charge is 0.504 e. The van der Waals surface area contributed by atoms with Crippen molar-refractivity contribution < 1.29 is 28.6 Å². The second-order valence-electron chi connectivity index (χ2n) is 7.30. The molecule has 1 aromatic heterocycles. The Kier molecular flexibility index (Phi) is 6.89. The van der Waals surface area contributed by atoms with Crippen molar-refractivity contribution in [3.8, 4) is 11.5 Å². The Morgan fingerprint density at radius 2 is 2.00 bits per heavy atom. The molecule has 2 heterocycles. The Morgan fingerprint density at radius 3 is 2.71 bits per heavy atom. The molecule has 0 spiro atoms. The third-order valence-corrected chi connectivity index (χ3v) is 5.31. The second-order valence-corrected chi connectivity index (χ2v) is 7.73. The summed E-state index contributed by atoms with van der Waals surface area (Å²) in [6.07, 6.45) is 6.06. The lowest BCUT2D eigenvalue weighted by molar-refractivity contribution is -0.150. The Bertz CT molecular complexity index is 1230. The molecule has 2 aromatic carbocycles. The number of phenols is 1. The van der Waals surface area contributed by atoms with Gasteiger partial charge in [-0.15, -0.1) is 0 Å². The van der Waals surface area contributed by atoms with Crippen LogP contribution < -0.4 is 10.2 Å². The number of benzene rings is 2. The number of esters is 1. The maximum atomic E-state index is 12.9. The number of nitrogens with zero attached hydrogens (tertiary/aromatic N) is 1. The molecule has 0 saturated heterocycles. The van der Waals surface area contributed by atoms with E-state index in [0.29, 0.717) is 22.0 Å². The number of hydrogen-bond acceptors (Lipinski definition) is 7. The highest BCUT2D eigenvalue weighted by Crippen LogP contribution is 2.32. The molecule has 1 aliphatic heterocycles. The average Bonchev–Trinajstić information content (AvgIpc) is 3.52. The number of hydrazine groups is 1. The topological polar surface area (TPSA) is 101 Å². The fourth-order valence-electron chi connectivity index (χ4n) is 3.36. The van der Waals surface area contributed by atoms with Crippen molar-refractivity contribution in [1.29, 1.82) is 0 Å². The van der Waals surface area contributed by atoms with Gasteiger partial charge in [-0.1, -0.05) is 29.8 Å². The van der Waals surface area contributed by atoms with Gasteiger partial charge >= 0.3 is 5.97 Å². The fraction of sp³-hybridized carbons (Fsp3) is 0.120. The number of halogens is 1. The van der Waals surface area contributed by atoms with Crippen molar-refractivity contribution >= 4 is 35.3 Å². The molecule has 8 nitrogen and oxygen atoms in total. The minimum absolute atomic E-state index is 0.0105. The van der Waals surface area contributed by atoms with Crippen molar-refractivity contribution in [3.63, 3.8) is 0 Å². The number of hydrogen-bond donors (Lipinski definition) is 2. The van der Waals surface area contributed by atoms with E-state index in [9.17, 15) is 14.7 Å². The van der Waals surface area contributed by atoms with Crippen molar-refractivity contribution in [3.05, 3.63) is 94.9 Å². The summed E-state index contributed by atoms with van der Waals surface area (Å²) >= 11 is 5.97. The van der Waals surface area contributed by atoms with Gasteiger partial charge in [0, 0.05) is 11.1 Å². The van der Waals surface area contributed by atoms with Gasteiger partial charge in [-0.25, -0.2) is 9.80 Å². The number of aromatic hydroxyl groups is 1. The molecule has 0 aliphatic carbocycles. The molecule has 3 aromatic rings. The summed E-state index contributed by atoms with van der Waals surface area (Å²) in [7, 11) is 1.43. The monoisotopic (exact) mass is 480 g/mol. The van der Waals surface area contributed by atoms with E-state index in [1.165, 1.54) is 36.6 Å². The molecule has 1 amide bonds. The van der Waals surface area contributed by atoms with Gasteiger partial charge in [0.25, 0.3) is 5.91 Å². The smallest absolute Gasteiger partial charge is 0.331 e. The number of nitrogens with one attached hydrogen (secondary N) is 1. The first-order valence-corrected chi connectivity index (χ1v) is 10.6. The molecule has 0 unspecified atom stereocenters. The Hall–Kier alpha value is -4.17. The molecule has 0 bridgehead atoms. The summed E-state index contributed by atoms with van der Waals surface area (Å²) < 4.78 is 15.7. The first kappa shape index (κ1) is 23.0. The molecule has 4 rings (SSSR count). The predicted octanol–water partition coefficient (Wildman–Crippen LogP) is 4.33. The van der Waals surface area contributed by atoms with E-state index in [1.54, 1.807) is 36.4 Å². The van der Waals surface area contributed by atoms with Crippen LogP contribution in [-0.2, 0) is 14.3 Å². The van der Waals surface area contributed by atoms with Crippen LogP contribution in [-0.4, -0.2) is 35.7 Å². The second kappa shape index (κ2) is 10.2.